The molecule has 1 saturated carbocycles. The lowest BCUT2D eigenvalue weighted by Gasteiger charge is -2.11. The molecule has 8 heteroatoms. The van der Waals surface area contributed by atoms with E-state index in [0.29, 0.717) is 18.9 Å². The number of aliphatic imine (C=N–C) groups is 1. The topological polar surface area (TPSA) is 111 Å². The number of hydroxylamine groups is 1. The zero-order chi connectivity index (χ0) is 19.2. The smallest absolute Gasteiger partial charge is 0.243 e. The van der Waals surface area contributed by atoms with Gasteiger partial charge >= 0.3 is 0 Å². The van der Waals surface area contributed by atoms with Crippen LogP contribution in [0.15, 0.2) is 29.5 Å². The maximum Gasteiger partial charge on any atom is 0.243 e. The minimum Gasteiger partial charge on any atom is -0.325 e. The number of hydrogen-bond acceptors (Lipinski definition) is 5. The largest absolute Gasteiger partial charge is 0.325 e. The van der Waals surface area contributed by atoms with E-state index in [0.717, 1.165) is 44.2 Å². The average Bonchev–Trinajstić information content (AvgIpc) is 3.20. The van der Waals surface area contributed by atoms with Crippen molar-refractivity contribution in [3.63, 3.8) is 0 Å². The second kappa shape index (κ2) is 12.7. The molecule has 1 aromatic heterocycles. The van der Waals surface area contributed by atoms with Crippen LogP contribution in [0.2, 0.25) is 0 Å². The number of pyridine rings is 1. The molecule has 0 aromatic carbocycles. The van der Waals surface area contributed by atoms with Gasteiger partial charge in [0.05, 0.1) is 6.10 Å². The van der Waals surface area contributed by atoms with E-state index in [2.05, 4.69) is 26.1 Å². The molecular weight excluding hydrogens is 344 g/mol. The number of anilines is 1. The molecule has 0 bridgehead atoms. The number of nitriles is 1. The molecule has 2 rings (SSSR count). The van der Waals surface area contributed by atoms with Gasteiger partial charge in [0.1, 0.15) is 0 Å². The van der Waals surface area contributed by atoms with Crippen LogP contribution < -0.4 is 16.1 Å². The third-order valence-electron chi connectivity index (χ3n) is 4.34. The summed E-state index contributed by atoms with van der Waals surface area (Å²) in [5, 5.41) is 14.4. The standard InChI is InChI=1S/C19H28N6O2/c20-15-23-19(24-16-10-13-21-14-11-16)22-12-6-2-1-3-9-18(26)25-27-17-7-4-5-8-17/h10-11,13-14,17H,1-9,12H2,(H,25,26)(H2,21,22,23,24). The predicted molar refractivity (Wildman–Crippen MR) is 103 cm³/mol. The monoisotopic (exact) mass is 372 g/mol. The third kappa shape index (κ3) is 9.01. The van der Waals surface area contributed by atoms with Crippen molar-refractivity contribution >= 4 is 17.6 Å². The van der Waals surface area contributed by atoms with Gasteiger partial charge in [0.25, 0.3) is 0 Å². The fraction of sp³-hybridized carbons (Fsp3) is 0.579. The Balaban J connectivity index is 1.53. The highest BCUT2D eigenvalue weighted by atomic mass is 16.7. The maximum atomic E-state index is 11.7. The van der Waals surface area contributed by atoms with E-state index in [-0.39, 0.29) is 12.0 Å². The van der Waals surface area contributed by atoms with Crippen LogP contribution in [0.1, 0.15) is 57.8 Å². The molecule has 1 amide bonds. The molecule has 146 valence electrons. The van der Waals surface area contributed by atoms with Crippen LogP contribution in [-0.4, -0.2) is 29.5 Å². The SMILES string of the molecule is N#CNC(=NCCCCCCC(=O)NOC1CCCC1)Nc1ccncc1. The lowest BCUT2D eigenvalue weighted by atomic mass is 10.1. The van der Waals surface area contributed by atoms with E-state index < -0.39 is 0 Å². The van der Waals surface area contributed by atoms with Gasteiger partial charge in [-0.1, -0.05) is 25.7 Å². The summed E-state index contributed by atoms with van der Waals surface area (Å²) in [4.78, 5) is 25.4. The van der Waals surface area contributed by atoms with Crippen molar-refractivity contribution < 1.29 is 9.63 Å². The number of nitrogens with zero attached hydrogens (tertiary/aromatic N) is 3. The van der Waals surface area contributed by atoms with Crippen molar-refractivity contribution in [2.75, 3.05) is 11.9 Å². The van der Waals surface area contributed by atoms with Gasteiger partial charge in [0, 0.05) is 31.0 Å². The molecule has 1 aliphatic rings. The zero-order valence-electron chi connectivity index (χ0n) is 15.6. The maximum absolute atomic E-state index is 11.7. The van der Waals surface area contributed by atoms with E-state index in [1.54, 1.807) is 24.5 Å². The fourth-order valence-electron chi connectivity index (χ4n) is 2.88. The Kier molecular flexibility index (Phi) is 9.68. The highest BCUT2D eigenvalue weighted by Crippen LogP contribution is 2.19. The molecule has 8 nitrogen and oxygen atoms in total. The number of nitrogens with one attached hydrogen (secondary N) is 3. The van der Waals surface area contributed by atoms with Gasteiger partial charge in [-0.3, -0.25) is 24.9 Å². The van der Waals surface area contributed by atoms with Crippen LogP contribution in [-0.2, 0) is 9.63 Å². The minimum atomic E-state index is -0.0398. The number of amides is 1. The lowest BCUT2D eigenvalue weighted by molar-refractivity contribution is -0.138. The highest BCUT2D eigenvalue weighted by molar-refractivity contribution is 5.94. The van der Waals surface area contributed by atoms with Gasteiger partial charge in [0.2, 0.25) is 11.9 Å². The molecule has 0 radical (unpaired) electrons. The van der Waals surface area contributed by atoms with Crippen LogP contribution in [0.3, 0.4) is 0 Å². The molecule has 3 N–H and O–H groups in total. The van der Waals surface area contributed by atoms with E-state index in [1.165, 1.54) is 12.8 Å². The highest BCUT2D eigenvalue weighted by Gasteiger charge is 2.16. The number of unbranched alkanes of at least 4 members (excludes halogenated alkanes) is 3. The van der Waals surface area contributed by atoms with E-state index in [1.807, 2.05) is 6.19 Å². The van der Waals surface area contributed by atoms with Gasteiger partial charge in [-0.05, 0) is 37.8 Å². The number of hydrogen-bond donors (Lipinski definition) is 3. The van der Waals surface area contributed by atoms with Crippen LogP contribution in [0, 0.1) is 11.5 Å². The molecule has 0 saturated heterocycles. The Morgan fingerprint density at radius 3 is 2.70 bits per heavy atom. The Hall–Kier alpha value is -2.66. The summed E-state index contributed by atoms with van der Waals surface area (Å²) in [6, 6.07) is 3.60. The molecule has 0 atom stereocenters. The van der Waals surface area contributed by atoms with Crippen LogP contribution in [0.4, 0.5) is 5.69 Å². The molecule has 1 fully saturated rings. The molecule has 1 heterocycles. The number of aromatic nitrogens is 1. The molecule has 0 unspecified atom stereocenters. The second-order valence-corrected chi connectivity index (χ2v) is 6.54. The molecule has 1 aliphatic carbocycles. The first-order valence-electron chi connectivity index (χ1n) is 9.59. The van der Waals surface area contributed by atoms with Crippen molar-refractivity contribution in [1.29, 1.82) is 5.26 Å². The quantitative estimate of drug-likeness (QED) is 0.145. The summed E-state index contributed by atoms with van der Waals surface area (Å²) in [6.07, 6.45) is 14.0. The van der Waals surface area contributed by atoms with Gasteiger partial charge in [-0.25, -0.2) is 5.48 Å². The summed E-state index contributed by atoms with van der Waals surface area (Å²) >= 11 is 0. The van der Waals surface area contributed by atoms with Crippen LogP contribution in [0.25, 0.3) is 0 Å². The van der Waals surface area contributed by atoms with E-state index >= 15 is 0 Å². The van der Waals surface area contributed by atoms with Gasteiger partial charge in [-0.2, -0.15) is 5.26 Å². The van der Waals surface area contributed by atoms with Crippen LogP contribution >= 0.6 is 0 Å². The predicted octanol–water partition coefficient (Wildman–Crippen LogP) is 2.86. The third-order valence-corrected chi connectivity index (χ3v) is 4.34. The summed E-state index contributed by atoms with van der Waals surface area (Å²) < 4.78 is 0. The Labute approximate surface area is 160 Å². The lowest BCUT2D eigenvalue weighted by Crippen LogP contribution is -2.28. The van der Waals surface area contributed by atoms with Crippen molar-refractivity contribution in [2.24, 2.45) is 4.99 Å². The molecular formula is C19H28N6O2. The second-order valence-electron chi connectivity index (χ2n) is 6.54. The molecule has 1 aromatic rings. The summed E-state index contributed by atoms with van der Waals surface area (Å²) in [7, 11) is 0. The van der Waals surface area contributed by atoms with Gasteiger partial charge < -0.3 is 5.32 Å². The fourth-order valence-corrected chi connectivity index (χ4v) is 2.88. The van der Waals surface area contributed by atoms with Gasteiger partial charge in [0.15, 0.2) is 6.19 Å². The number of carbonyl (C=O) groups excluding carboxylic acids is 1. The van der Waals surface area contributed by atoms with Crippen molar-refractivity contribution in [2.45, 2.75) is 63.9 Å². The summed E-state index contributed by atoms with van der Waals surface area (Å²) in [5.74, 6) is 0.383. The average molecular weight is 372 g/mol. The zero-order valence-corrected chi connectivity index (χ0v) is 15.6. The number of rotatable bonds is 10. The Morgan fingerprint density at radius 1 is 1.22 bits per heavy atom. The molecule has 0 spiro atoms. The minimum absolute atomic E-state index is 0.0398. The first kappa shape index (κ1) is 20.6. The Bertz CT molecular complexity index is 623. The molecule has 0 aliphatic heterocycles. The number of guanidine groups is 1. The summed E-state index contributed by atoms with van der Waals surface area (Å²) in [5.41, 5.74) is 3.38. The van der Waals surface area contributed by atoms with Crippen molar-refractivity contribution in [3.8, 4) is 6.19 Å². The number of carbonyl (C=O) groups is 1. The normalized spacial score (nSPS) is 14.6. The van der Waals surface area contributed by atoms with E-state index in [9.17, 15) is 4.79 Å². The van der Waals surface area contributed by atoms with Gasteiger partial charge in [-0.15, -0.1) is 0 Å². The molecule has 27 heavy (non-hydrogen) atoms. The summed E-state index contributed by atoms with van der Waals surface area (Å²) in [6.45, 7) is 0.610. The van der Waals surface area contributed by atoms with E-state index in [4.69, 9.17) is 10.1 Å². The van der Waals surface area contributed by atoms with Crippen molar-refractivity contribution in [3.05, 3.63) is 24.5 Å². The first-order valence-corrected chi connectivity index (χ1v) is 9.59. The Morgan fingerprint density at radius 2 is 1.96 bits per heavy atom. The van der Waals surface area contributed by atoms with Crippen molar-refractivity contribution in [1.82, 2.24) is 15.8 Å². The van der Waals surface area contributed by atoms with Crippen LogP contribution in [0.5, 0.6) is 0 Å². The first-order chi connectivity index (χ1) is 13.3.